The maximum atomic E-state index is 12.1. The molecule has 5 nitrogen and oxygen atoms in total. The van der Waals surface area contributed by atoms with Crippen LogP contribution in [-0.4, -0.2) is 29.4 Å². The highest BCUT2D eigenvalue weighted by Crippen LogP contribution is 2.52. The van der Waals surface area contributed by atoms with Crippen molar-refractivity contribution in [2.75, 3.05) is 6.61 Å². The molecule has 5 heteroatoms. The maximum absolute atomic E-state index is 12.1. The van der Waals surface area contributed by atoms with Crippen molar-refractivity contribution in [3.63, 3.8) is 0 Å². The first-order valence-corrected chi connectivity index (χ1v) is 7.96. The molecule has 2 heterocycles. The summed E-state index contributed by atoms with van der Waals surface area (Å²) in [6.45, 7) is 5.36. The van der Waals surface area contributed by atoms with Crippen molar-refractivity contribution >= 4 is 5.97 Å². The third-order valence-electron chi connectivity index (χ3n) is 4.94. The number of aromatic nitrogens is 1. The van der Waals surface area contributed by atoms with E-state index < -0.39 is 0 Å². The zero-order valence-corrected chi connectivity index (χ0v) is 13.2. The van der Waals surface area contributed by atoms with Gasteiger partial charge in [-0.2, -0.15) is 0 Å². The van der Waals surface area contributed by atoms with E-state index in [1.807, 2.05) is 0 Å². The zero-order valence-electron chi connectivity index (χ0n) is 13.2. The van der Waals surface area contributed by atoms with Crippen molar-refractivity contribution in [3.05, 3.63) is 34.7 Å². The summed E-state index contributed by atoms with van der Waals surface area (Å²) >= 11 is 0. The molecule has 2 fully saturated rings. The molecule has 1 aromatic rings. The summed E-state index contributed by atoms with van der Waals surface area (Å²) in [6, 6.07) is 4.97. The van der Waals surface area contributed by atoms with Crippen molar-refractivity contribution < 1.29 is 14.3 Å². The Morgan fingerprint density at radius 2 is 2.27 bits per heavy atom. The third kappa shape index (κ3) is 2.70. The second-order valence-corrected chi connectivity index (χ2v) is 6.81. The largest absolute Gasteiger partial charge is 0.461 e. The highest BCUT2D eigenvalue weighted by atomic mass is 16.6. The molecule has 0 amide bonds. The Balaban J connectivity index is 1.56. The lowest BCUT2D eigenvalue weighted by Gasteiger charge is -2.58. The van der Waals surface area contributed by atoms with Gasteiger partial charge in [0.05, 0.1) is 12.5 Å². The van der Waals surface area contributed by atoms with Crippen LogP contribution in [0.25, 0.3) is 0 Å². The summed E-state index contributed by atoms with van der Waals surface area (Å²) in [6.07, 6.45) is 4.13. The standard InChI is InChI=1S/C17H23NO4/c1-17(2)15-12(6-5-11-21-15)16(17)22-14(20)8-10-18-9-4-3-7-13(18)19/h3-4,7,9,12,15-16H,5-6,8,10-11H2,1-2H3/t12-,15+,16-/m0/s1. The zero-order chi connectivity index (χ0) is 15.7. The van der Waals surface area contributed by atoms with Gasteiger partial charge in [-0.25, -0.2) is 0 Å². The highest BCUT2D eigenvalue weighted by Gasteiger charge is 2.60. The van der Waals surface area contributed by atoms with Gasteiger partial charge in [0.2, 0.25) is 0 Å². The number of esters is 1. The van der Waals surface area contributed by atoms with Gasteiger partial charge in [0.15, 0.2) is 0 Å². The third-order valence-corrected chi connectivity index (χ3v) is 4.94. The van der Waals surface area contributed by atoms with E-state index in [1.54, 1.807) is 18.3 Å². The minimum atomic E-state index is -0.238. The molecule has 3 rings (SSSR count). The minimum absolute atomic E-state index is 0.0715. The number of hydrogen-bond acceptors (Lipinski definition) is 4. The Hall–Kier alpha value is -1.62. The molecule has 0 spiro atoms. The SMILES string of the molecule is CC1(C)[C@@H]2OCCC[C@@H]2[C@@H]1OC(=O)CCn1ccccc1=O. The fraction of sp³-hybridized carbons (Fsp3) is 0.647. The van der Waals surface area contributed by atoms with Crippen LogP contribution < -0.4 is 5.56 Å². The molecular weight excluding hydrogens is 282 g/mol. The molecule has 1 aliphatic heterocycles. The van der Waals surface area contributed by atoms with Crippen LogP contribution in [0.4, 0.5) is 0 Å². The minimum Gasteiger partial charge on any atom is -0.461 e. The average molecular weight is 305 g/mol. The van der Waals surface area contributed by atoms with E-state index in [0.29, 0.717) is 12.5 Å². The number of ether oxygens (including phenoxy) is 2. The van der Waals surface area contributed by atoms with Crippen LogP contribution >= 0.6 is 0 Å². The summed E-state index contributed by atoms with van der Waals surface area (Å²) in [5.74, 6) is 0.0880. The quantitative estimate of drug-likeness (QED) is 0.798. The first-order valence-electron chi connectivity index (χ1n) is 7.96. The van der Waals surface area contributed by atoms with Crippen LogP contribution in [0.3, 0.4) is 0 Å². The fourth-order valence-electron chi connectivity index (χ4n) is 3.77. The molecule has 0 bridgehead atoms. The number of pyridine rings is 1. The van der Waals surface area contributed by atoms with Crippen LogP contribution in [0.5, 0.6) is 0 Å². The van der Waals surface area contributed by atoms with Gasteiger partial charge < -0.3 is 14.0 Å². The molecule has 1 saturated heterocycles. The van der Waals surface area contributed by atoms with E-state index in [-0.39, 0.29) is 35.6 Å². The van der Waals surface area contributed by atoms with Gasteiger partial charge in [-0.1, -0.05) is 19.9 Å². The number of aryl methyl sites for hydroxylation is 1. The molecule has 22 heavy (non-hydrogen) atoms. The highest BCUT2D eigenvalue weighted by molar-refractivity contribution is 5.69. The molecule has 0 radical (unpaired) electrons. The number of carbonyl (C=O) groups is 1. The Morgan fingerprint density at radius 1 is 1.45 bits per heavy atom. The van der Waals surface area contributed by atoms with Crippen molar-refractivity contribution in [1.29, 1.82) is 0 Å². The smallest absolute Gasteiger partial charge is 0.307 e. The van der Waals surface area contributed by atoms with E-state index in [1.165, 1.54) is 10.6 Å². The maximum Gasteiger partial charge on any atom is 0.307 e. The van der Waals surface area contributed by atoms with Crippen molar-refractivity contribution in [1.82, 2.24) is 4.57 Å². The molecule has 1 saturated carbocycles. The second-order valence-electron chi connectivity index (χ2n) is 6.81. The monoisotopic (exact) mass is 305 g/mol. The van der Waals surface area contributed by atoms with Gasteiger partial charge in [0.25, 0.3) is 5.56 Å². The van der Waals surface area contributed by atoms with E-state index >= 15 is 0 Å². The lowest BCUT2D eigenvalue weighted by atomic mass is 9.57. The molecule has 1 aliphatic carbocycles. The van der Waals surface area contributed by atoms with Crippen LogP contribution in [0.15, 0.2) is 29.2 Å². The van der Waals surface area contributed by atoms with Crippen molar-refractivity contribution in [2.45, 2.75) is 51.9 Å². The molecular formula is C17H23NO4. The summed E-state index contributed by atoms with van der Waals surface area (Å²) in [4.78, 5) is 23.7. The van der Waals surface area contributed by atoms with Gasteiger partial charge in [-0.15, -0.1) is 0 Å². The summed E-state index contributed by atoms with van der Waals surface area (Å²) in [7, 11) is 0. The number of fused-ring (bicyclic) bond motifs is 1. The number of carbonyl (C=O) groups excluding carboxylic acids is 1. The normalized spacial score (nSPS) is 29.3. The summed E-state index contributed by atoms with van der Waals surface area (Å²) in [5.41, 5.74) is -0.218. The van der Waals surface area contributed by atoms with Crippen molar-refractivity contribution in [3.8, 4) is 0 Å². The van der Waals surface area contributed by atoms with Gasteiger partial charge in [0.1, 0.15) is 6.10 Å². The van der Waals surface area contributed by atoms with E-state index in [2.05, 4.69) is 13.8 Å². The molecule has 0 N–H and O–H groups in total. The van der Waals surface area contributed by atoms with E-state index in [0.717, 1.165) is 19.4 Å². The van der Waals surface area contributed by atoms with E-state index in [4.69, 9.17) is 9.47 Å². The van der Waals surface area contributed by atoms with Gasteiger partial charge in [-0.05, 0) is 18.9 Å². The van der Waals surface area contributed by atoms with Crippen LogP contribution in [-0.2, 0) is 20.8 Å². The molecule has 120 valence electrons. The Kier molecular flexibility index (Phi) is 4.08. The van der Waals surface area contributed by atoms with Gasteiger partial charge in [-0.3, -0.25) is 9.59 Å². The molecule has 3 atom stereocenters. The van der Waals surface area contributed by atoms with Crippen LogP contribution in [0, 0.1) is 11.3 Å². The summed E-state index contributed by atoms with van der Waals surface area (Å²) in [5, 5.41) is 0. The molecule has 0 unspecified atom stereocenters. The van der Waals surface area contributed by atoms with Gasteiger partial charge in [0, 0.05) is 36.7 Å². The lowest BCUT2D eigenvalue weighted by Crippen LogP contribution is -2.65. The first-order chi connectivity index (χ1) is 10.5. The summed E-state index contributed by atoms with van der Waals surface area (Å²) < 4.78 is 13.0. The van der Waals surface area contributed by atoms with Crippen molar-refractivity contribution in [2.24, 2.45) is 11.3 Å². The lowest BCUT2D eigenvalue weighted by molar-refractivity contribution is -0.254. The topological polar surface area (TPSA) is 57.5 Å². The van der Waals surface area contributed by atoms with Crippen LogP contribution in [0.1, 0.15) is 33.1 Å². The second kappa shape index (κ2) is 5.88. The van der Waals surface area contributed by atoms with Crippen LogP contribution in [0.2, 0.25) is 0 Å². The predicted molar refractivity (Wildman–Crippen MR) is 81.4 cm³/mol. The average Bonchev–Trinajstić information content (AvgIpc) is 2.52. The molecule has 2 aliphatic rings. The number of nitrogens with zero attached hydrogens (tertiary/aromatic N) is 1. The fourth-order valence-corrected chi connectivity index (χ4v) is 3.77. The van der Waals surface area contributed by atoms with Gasteiger partial charge >= 0.3 is 5.97 Å². The Labute approximate surface area is 130 Å². The van der Waals surface area contributed by atoms with E-state index in [9.17, 15) is 9.59 Å². The first kappa shape index (κ1) is 15.3. The number of hydrogen-bond donors (Lipinski definition) is 0. The Morgan fingerprint density at radius 3 is 3.05 bits per heavy atom. The Bertz CT molecular complexity index is 607. The molecule has 1 aromatic heterocycles. The molecule has 0 aromatic carbocycles. The number of rotatable bonds is 4. The predicted octanol–water partition coefficient (Wildman–Crippen LogP) is 1.99.